The zero-order chi connectivity index (χ0) is 7.99. The van der Waals surface area contributed by atoms with Crippen LogP contribution >= 0.6 is 0 Å². The molecule has 0 saturated heterocycles. The van der Waals surface area contributed by atoms with Crippen molar-refractivity contribution in [3.8, 4) is 0 Å². The summed E-state index contributed by atoms with van der Waals surface area (Å²) >= 11 is 0. The van der Waals surface area contributed by atoms with E-state index in [1.165, 1.54) is 0 Å². The smallest absolute Gasteiger partial charge is 0.309 e. The number of carboxylic acid groups (broad SMARTS) is 1. The first-order chi connectivity index (χ1) is 4.40. The third-order valence-electron chi connectivity index (χ3n) is 3.04. The third-order valence-corrected chi connectivity index (χ3v) is 3.04. The molecule has 1 fully saturated rings. The molecular formula is C8H14O2. The summed E-state index contributed by atoms with van der Waals surface area (Å²) in [4.78, 5) is 10.7. The SMILES string of the molecule is CC1(C(C)(C)C(=O)O)CC1. The maximum atomic E-state index is 10.7. The second-order valence-electron chi connectivity index (χ2n) is 3.99. The van der Waals surface area contributed by atoms with Crippen molar-refractivity contribution in [1.82, 2.24) is 0 Å². The average Bonchev–Trinajstić information content (AvgIpc) is 2.48. The van der Waals surface area contributed by atoms with E-state index >= 15 is 0 Å². The number of carboxylic acids is 1. The standard InChI is InChI=1S/C8H14O2/c1-7(2,6(9)10)8(3)4-5-8/h4-5H2,1-3H3,(H,9,10). The van der Waals surface area contributed by atoms with Crippen LogP contribution < -0.4 is 0 Å². The lowest BCUT2D eigenvalue weighted by Crippen LogP contribution is -2.32. The molecule has 0 bridgehead atoms. The quantitative estimate of drug-likeness (QED) is 0.639. The molecule has 0 amide bonds. The van der Waals surface area contributed by atoms with Crippen LogP contribution in [0.4, 0.5) is 0 Å². The van der Waals surface area contributed by atoms with Crippen molar-refractivity contribution in [3.05, 3.63) is 0 Å². The van der Waals surface area contributed by atoms with Gasteiger partial charge in [-0.3, -0.25) is 4.79 Å². The molecule has 0 atom stereocenters. The van der Waals surface area contributed by atoms with E-state index in [2.05, 4.69) is 0 Å². The largest absolute Gasteiger partial charge is 0.481 e. The van der Waals surface area contributed by atoms with Crippen LogP contribution in [0.1, 0.15) is 33.6 Å². The van der Waals surface area contributed by atoms with Crippen LogP contribution in [0, 0.1) is 10.8 Å². The Kier molecular flexibility index (Phi) is 1.32. The molecule has 0 unspecified atom stereocenters. The molecule has 1 aliphatic carbocycles. The van der Waals surface area contributed by atoms with Gasteiger partial charge in [-0.15, -0.1) is 0 Å². The van der Waals surface area contributed by atoms with Gasteiger partial charge in [-0.05, 0) is 32.1 Å². The van der Waals surface area contributed by atoms with Gasteiger partial charge in [0, 0.05) is 0 Å². The molecule has 1 aliphatic rings. The molecule has 1 N–H and O–H groups in total. The van der Waals surface area contributed by atoms with Crippen LogP contribution in [0.15, 0.2) is 0 Å². The van der Waals surface area contributed by atoms with Crippen molar-refractivity contribution >= 4 is 5.97 Å². The van der Waals surface area contributed by atoms with Crippen molar-refractivity contribution in [2.75, 3.05) is 0 Å². The molecule has 2 nitrogen and oxygen atoms in total. The summed E-state index contributed by atoms with van der Waals surface area (Å²) < 4.78 is 0. The van der Waals surface area contributed by atoms with E-state index in [1.54, 1.807) is 0 Å². The summed E-state index contributed by atoms with van der Waals surface area (Å²) in [5.74, 6) is -0.674. The van der Waals surface area contributed by atoms with Gasteiger partial charge >= 0.3 is 5.97 Å². The summed E-state index contributed by atoms with van der Waals surface area (Å²) in [5.41, 5.74) is -0.466. The van der Waals surface area contributed by atoms with Gasteiger partial charge in [-0.2, -0.15) is 0 Å². The Morgan fingerprint density at radius 1 is 1.50 bits per heavy atom. The van der Waals surface area contributed by atoms with E-state index in [9.17, 15) is 4.79 Å². The minimum Gasteiger partial charge on any atom is -0.481 e. The van der Waals surface area contributed by atoms with Crippen LogP contribution in [0.25, 0.3) is 0 Å². The zero-order valence-corrected chi connectivity index (χ0v) is 6.77. The number of rotatable bonds is 2. The maximum Gasteiger partial charge on any atom is 0.309 e. The van der Waals surface area contributed by atoms with E-state index < -0.39 is 11.4 Å². The molecule has 0 aromatic carbocycles. The number of hydrogen-bond acceptors (Lipinski definition) is 1. The molecule has 0 aromatic rings. The minimum atomic E-state index is -0.674. The third kappa shape index (κ3) is 0.825. The van der Waals surface area contributed by atoms with Crippen LogP contribution in [0.5, 0.6) is 0 Å². The second kappa shape index (κ2) is 1.74. The molecule has 2 heteroatoms. The Morgan fingerprint density at radius 2 is 1.90 bits per heavy atom. The molecule has 10 heavy (non-hydrogen) atoms. The molecule has 1 saturated carbocycles. The normalized spacial score (nSPS) is 22.3. The lowest BCUT2D eigenvalue weighted by molar-refractivity contribution is -0.150. The summed E-state index contributed by atoms with van der Waals surface area (Å²) in [7, 11) is 0. The van der Waals surface area contributed by atoms with Gasteiger partial charge in [0.25, 0.3) is 0 Å². The highest BCUT2D eigenvalue weighted by atomic mass is 16.4. The van der Waals surface area contributed by atoms with Gasteiger partial charge in [0.15, 0.2) is 0 Å². The Labute approximate surface area is 61.2 Å². The zero-order valence-electron chi connectivity index (χ0n) is 6.77. The van der Waals surface area contributed by atoms with Crippen molar-refractivity contribution in [2.45, 2.75) is 33.6 Å². The predicted octanol–water partition coefficient (Wildman–Crippen LogP) is 1.90. The minimum absolute atomic E-state index is 0.0683. The molecule has 0 spiro atoms. The predicted molar refractivity (Wildman–Crippen MR) is 38.8 cm³/mol. The van der Waals surface area contributed by atoms with E-state index in [-0.39, 0.29) is 5.41 Å². The van der Waals surface area contributed by atoms with Gasteiger partial charge in [0.05, 0.1) is 5.41 Å². The Hall–Kier alpha value is -0.530. The van der Waals surface area contributed by atoms with Crippen molar-refractivity contribution < 1.29 is 9.90 Å². The topological polar surface area (TPSA) is 37.3 Å². The first-order valence-corrected chi connectivity index (χ1v) is 3.63. The molecule has 0 radical (unpaired) electrons. The summed E-state index contributed by atoms with van der Waals surface area (Å²) in [5, 5.41) is 8.82. The van der Waals surface area contributed by atoms with Gasteiger partial charge < -0.3 is 5.11 Å². The first-order valence-electron chi connectivity index (χ1n) is 3.63. The molecule has 0 aliphatic heterocycles. The van der Waals surface area contributed by atoms with Crippen molar-refractivity contribution in [3.63, 3.8) is 0 Å². The highest BCUT2D eigenvalue weighted by Gasteiger charge is 2.54. The second-order valence-corrected chi connectivity index (χ2v) is 3.99. The van der Waals surface area contributed by atoms with Gasteiger partial charge in [0.1, 0.15) is 0 Å². The Bertz CT molecular complexity index is 166. The summed E-state index contributed by atoms with van der Waals surface area (Å²) in [6.07, 6.45) is 2.12. The van der Waals surface area contributed by atoms with Gasteiger partial charge in [0.2, 0.25) is 0 Å². The van der Waals surface area contributed by atoms with Crippen LogP contribution in [0.2, 0.25) is 0 Å². The fourth-order valence-corrected chi connectivity index (χ4v) is 1.07. The van der Waals surface area contributed by atoms with Crippen LogP contribution in [-0.2, 0) is 4.79 Å². The number of hydrogen-bond donors (Lipinski definition) is 1. The Morgan fingerprint density at radius 3 is 2.00 bits per heavy atom. The van der Waals surface area contributed by atoms with Crippen LogP contribution in [0.3, 0.4) is 0 Å². The summed E-state index contributed by atoms with van der Waals surface area (Å²) in [6, 6.07) is 0. The molecular weight excluding hydrogens is 128 g/mol. The lowest BCUT2D eigenvalue weighted by atomic mass is 9.77. The van der Waals surface area contributed by atoms with Crippen LogP contribution in [-0.4, -0.2) is 11.1 Å². The first kappa shape index (κ1) is 7.58. The maximum absolute atomic E-state index is 10.7. The molecule has 0 heterocycles. The van der Waals surface area contributed by atoms with Crippen molar-refractivity contribution in [1.29, 1.82) is 0 Å². The molecule has 1 rings (SSSR count). The van der Waals surface area contributed by atoms with Crippen molar-refractivity contribution in [2.24, 2.45) is 10.8 Å². The molecule has 0 aromatic heterocycles. The van der Waals surface area contributed by atoms with Gasteiger partial charge in [-0.25, -0.2) is 0 Å². The molecule has 58 valence electrons. The fraction of sp³-hybridized carbons (Fsp3) is 0.875. The van der Waals surface area contributed by atoms with E-state index in [0.29, 0.717) is 0 Å². The van der Waals surface area contributed by atoms with E-state index in [4.69, 9.17) is 5.11 Å². The highest BCUT2D eigenvalue weighted by Crippen LogP contribution is 2.58. The van der Waals surface area contributed by atoms with E-state index in [0.717, 1.165) is 12.8 Å². The lowest BCUT2D eigenvalue weighted by Gasteiger charge is -2.26. The fourth-order valence-electron chi connectivity index (χ4n) is 1.07. The summed E-state index contributed by atoms with van der Waals surface area (Å²) in [6.45, 7) is 5.66. The highest BCUT2D eigenvalue weighted by molar-refractivity contribution is 5.75. The average molecular weight is 142 g/mol. The Balaban J connectivity index is 2.77. The monoisotopic (exact) mass is 142 g/mol. The number of aliphatic carboxylic acids is 1. The van der Waals surface area contributed by atoms with E-state index in [1.807, 2.05) is 20.8 Å². The van der Waals surface area contributed by atoms with Gasteiger partial charge in [-0.1, -0.05) is 6.92 Å². The number of carbonyl (C=O) groups is 1.